The third-order valence-corrected chi connectivity index (χ3v) is 8.33. The Bertz CT molecular complexity index is 1740. The lowest BCUT2D eigenvalue weighted by Gasteiger charge is -2.40. The van der Waals surface area contributed by atoms with Gasteiger partial charge in [-0.25, -0.2) is 13.9 Å². The fraction of sp³-hybridized carbons (Fsp3) is 0.258. The molecule has 2 N–H and O–H groups in total. The number of benzene rings is 3. The number of amides is 2. The lowest BCUT2D eigenvalue weighted by atomic mass is 9.89. The Kier molecular flexibility index (Phi) is 8.02. The number of carbonyl (C=O) groups is 3. The molecule has 0 bridgehead atoms. The molecule has 1 saturated heterocycles. The van der Waals surface area contributed by atoms with Crippen LogP contribution in [0.15, 0.2) is 66.9 Å². The zero-order valence-corrected chi connectivity index (χ0v) is 24.5. The second kappa shape index (κ2) is 12.1. The second-order valence-electron chi connectivity index (χ2n) is 10.8. The fourth-order valence-electron chi connectivity index (χ4n) is 5.70. The molecule has 0 radical (unpaired) electrons. The van der Waals surface area contributed by atoms with Gasteiger partial charge in [-0.1, -0.05) is 35.0 Å². The molecule has 11 nitrogen and oxygen atoms in total. The molecule has 2 aliphatic heterocycles. The first-order valence-corrected chi connectivity index (χ1v) is 14.5. The summed E-state index contributed by atoms with van der Waals surface area (Å²) in [5, 5.41) is 20.0. The molecule has 44 heavy (non-hydrogen) atoms. The maximum absolute atomic E-state index is 14.7. The van der Waals surface area contributed by atoms with Crippen LogP contribution in [0, 0.1) is 5.82 Å². The Morgan fingerprint density at radius 1 is 0.955 bits per heavy atom. The molecule has 6 rings (SSSR count). The number of nitrogens with zero attached hydrogens (tertiary/aromatic N) is 6. The van der Waals surface area contributed by atoms with Crippen LogP contribution in [0.3, 0.4) is 0 Å². The molecule has 2 amide bonds. The van der Waals surface area contributed by atoms with Gasteiger partial charge in [-0.3, -0.25) is 9.59 Å². The molecule has 13 heteroatoms. The van der Waals surface area contributed by atoms with Crippen molar-refractivity contribution < 1.29 is 23.9 Å². The van der Waals surface area contributed by atoms with E-state index in [9.17, 15) is 23.9 Å². The largest absolute Gasteiger partial charge is 0.478 e. The number of carboxylic acid groups (broad SMARTS) is 1. The summed E-state index contributed by atoms with van der Waals surface area (Å²) in [6.07, 6.45) is 1.82. The quantitative estimate of drug-likeness (QED) is 0.334. The van der Waals surface area contributed by atoms with E-state index < -0.39 is 29.6 Å². The number of likely N-dealkylation sites (N-methyl/N-ethyl adjacent to an activating group) is 1. The smallest absolute Gasteiger partial charge is 0.335 e. The first-order chi connectivity index (χ1) is 21.2. The van der Waals surface area contributed by atoms with E-state index in [4.69, 9.17) is 11.6 Å². The minimum absolute atomic E-state index is 0.0314. The number of rotatable bonds is 6. The molecule has 226 valence electrons. The van der Waals surface area contributed by atoms with Crippen LogP contribution in [0.1, 0.15) is 38.0 Å². The van der Waals surface area contributed by atoms with E-state index in [1.165, 1.54) is 47.5 Å². The van der Waals surface area contributed by atoms with E-state index in [0.717, 1.165) is 42.1 Å². The van der Waals surface area contributed by atoms with Crippen LogP contribution in [0.5, 0.6) is 0 Å². The van der Waals surface area contributed by atoms with Crippen molar-refractivity contribution in [1.29, 1.82) is 0 Å². The molecule has 1 atom stereocenters. The molecule has 2 aliphatic rings. The monoisotopic (exact) mass is 617 g/mol. The minimum atomic E-state index is -1.08. The molecular weight excluding hydrogens is 589 g/mol. The molecular formula is C31H29ClFN7O4. The van der Waals surface area contributed by atoms with Crippen molar-refractivity contribution >= 4 is 40.8 Å². The number of aromatic nitrogens is 3. The summed E-state index contributed by atoms with van der Waals surface area (Å²) in [4.78, 5) is 45.2. The first-order valence-electron chi connectivity index (χ1n) is 14.1. The van der Waals surface area contributed by atoms with Crippen LogP contribution in [0.4, 0.5) is 15.8 Å². The number of aromatic carboxylic acids is 1. The fourth-order valence-corrected chi connectivity index (χ4v) is 5.87. The molecule has 4 aromatic rings. The predicted octanol–water partition coefficient (Wildman–Crippen LogP) is 3.89. The molecule has 1 fully saturated rings. The number of halogens is 2. The highest BCUT2D eigenvalue weighted by Crippen LogP contribution is 2.37. The van der Waals surface area contributed by atoms with Crippen LogP contribution in [-0.2, 0) is 11.2 Å². The normalized spacial score (nSPS) is 16.8. The van der Waals surface area contributed by atoms with Gasteiger partial charge in [0.2, 0.25) is 0 Å². The van der Waals surface area contributed by atoms with E-state index in [2.05, 4.69) is 32.5 Å². The average molecular weight is 618 g/mol. The van der Waals surface area contributed by atoms with Crippen LogP contribution < -0.4 is 10.2 Å². The van der Waals surface area contributed by atoms with Crippen molar-refractivity contribution in [2.75, 3.05) is 50.0 Å². The summed E-state index contributed by atoms with van der Waals surface area (Å²) in [7, 11) is 2.08. The van der Waals surface area contributed by atoms with Gasteiger partial charge >= 0.3 is 5.97 Å². The molecule has 1 unspecified atom stereocenters. The SMILES string of the molecule is CN1CCN(c2cccc3c2CCN(C(=O)c2cn(-c4cccc(Cl)c4F)nn2)C3C(=O)Nc2ccc(C(=O)O)cc2)CC1. The maximum Gasteiger partial charge on any atom is 0.335 e. The van der Waals surface area contributed by atoms with Gasteiger partial charge in [0.15, 0.2) is 11.5 Å². The third kappa shape index (κ3) is 5.61. The van der Waals surface area contributed by atoms with Crippen molar-refractivity contribution in [1.82, 2.24) is 24.8 Å². The Balaban J connectivity index is 1.35. The van der Waals surface area contributed by atoms with E-state index >= 15 is 0 Å². The number of nitrogens with one attached hydrogen (secondary N) is 1. The lowest BCUT2D eigenvalue weighted by molar-refractivity contribution is -0.121. The number of piperazine rings is 1. The number of fused-ring (bicyclic) bond motifs is 1. The topological polar surface area (TPSA) is 124 Å². The Labute approximate surface area is 257 Å². The number of carbonyl (C=O) groups excluding carboxylic acids is 2. The van der Waals surface area contributed by atoms with Gasteiger partial charge < -0.3 is 25.1 Å². The van der Waals surface area contributed by atoms with Crippen molar-refractivity contribution in [3.8, 4) is 5.69 Å². The highest BCUT2D eigenvalue weighted by Gasteiger charge is 2.39. The van der Waals surface area contributed by atoms with Crippen molar-refractivity contribution in [2.45, 2.75) is 12.5 Å². The predicted molar refractivity (Wildman–Crippen MR) is 162 cm³/mol. The Morgan fingerprint density at radius 3 is 2.39 bits per heavy atom. The van der Waals surface area contributed by atoms with Crippen molar-refractivity contribution in [3.63, 3.8) is 0 Å². The van der Waals surface area contributed by atoms with Crippen LogP contribution in [0.25, 0.3) is 5.69 Å². The molecule has 3 aromatic carbocycles. The summed E-state index contributed by atoms with van der Waals surface area (Å²) in [6.45, 7) is 3.73. The Morgan fingerprint density at radius 2 is 1.66 bits per heavy atom. The van der Waals surface area contributed by atoms with Crippen LogP contribution in [-0.4, -0.2) is 87.5 Å². The minimum Gasteiger partial charge on any atom is -0.478 e. The number of anilines is 2. The highest BCUT2D eigenvalue weighted by molar-refractivity contribution is 6.30. The average Bonchev–Trinajstić information content (AvgIpc) is 3.52. The van der Waals surface area contributed by atoms with Gasteiger partial charge in [0, 0.05) is 44.1 Å². The molecule has 1 aromatic heterocycles. The van der Waals surface area contributed by atoms with Crippen LogP contribution >= 0.6 is 11.6 Å². The zero-order chi connectivity index (χ0) is 31.0. The highest BCUT2D eigenvalue weighted by atomic mass is 35.5. The standard InChI is InChI=1S/C31H29ClFN7O4/c1-37-14-16-38(17-15-37)25-6-2-4-22-21(25)12-13-39(28(22)29(41)34-20-10-8-19(9-11-20)31(43)44)30(42)24-18-40(36-35-24)26-7-3-5-23(32)27(26)33/h2-11,18,28H,12-17H2,1H3,(H,34,41)(H,43,44). The van der Waals surface area contributed by atoms with Gasteiger partial charge in [-0.2, -0.15) is 0 Å². The van der Waals surface area contributed by atoms with E-state index in [1.54, 1.807) is 6.07 Å². The molecule has 0 spiro atoms. The number of hydrogen-bond donors (Lipinski definition) is 2. The van der Waals surface area contributed by atoms with Gasteiger partial charge in [0.1, 0.15) is 11.7 Å². The van der Waals surface area contributed by atoms with Gasteiger partial charge in [-0.05, 0) is 67.1 Å². The molecule has 0 aliphatic carbocycles. The van der Waals surface area contributed by atoms with E-state index in [0.29, 0.717) is 17.7 Å². The molecule has 0 saturated carbocycles. The second-order valence-corrected chi connectivity index (χ2v) is 11.2. The summed E-state index contributed by atoms with van der Waals surface area (Å²) in [5.41, 5.74) is 3.15. The van der Waals surface area contributed by atoms with Gasteiger partial charge in [0.25, 0.3) is 11.8 Å². The summed E-state index contributed by atoms with van der Waals surface area (Å²) >= 11 is 5.93. The van der Waals surface area contributed by atoms with Gasteiger partial charge in [-0.15, -0.1) is 5.10 Å². The number of hydrogen-bond acceptors (Lipinski definition) is 7. The van der Waals surface area contributed by atoms with E-state index in [1.807, 2.05) is 18.2 Å². The summed E-state index contributed by atoms with van der Waals surface area (Å²) < 4.78 is 15.8. The molecule has 3 heterocycles. The first kappa shape index (κ1) is 29.3. The van der Waals surface area contributed by atoms with Crippen molar-refractivity contribution in [2.24, 2.45) is 0 Å². The maximum atomic E-state index is 14.7. The summed E-state index contributed by atoms with van der Waals surface area (Å²) in [6, 6.07) is 15.0. The Hall–Kier alpha value is -4.81. The van der Waals surface area contributed by atoms with Crippen molar-refractivity contribution in [3.05, 3.63) is 100 Å². The van der Waals surface area contributed by atoms with Gasteiger partial charge in [0.05, 0.1) is 16.8 Å². The van der Waals surface area contributed by atoms with Crippen LogP contribution in [0.2, 0.25) is 5.02 Å². The zero-order valence-electron chi connectivity index (χ0n) is 23.8. The lowest BCUT2D eigenvalue weighted by Crippen LogP contribution is -2.47. The third-order valence-electron chi connectivity index (χ3n) is 8.04. The number of carboxylic acids is 1. The summed E-state index contributed by atoms with van der Waals surface area (Å²) in [5.74, 6) is -2.79. The van der Waals surface area contributed by atoms with E-state index in [-0.39, 0.29) is 28.5 Å².